The van der Waals surface area contributed by atoms with Crippen LogP contribution in [0.15, 0.2) is 30.3 Å². The maximum atomic E-state index is 15.2. The molecule has 1 N–H and O–H groups in total. The quantitative estimate of drug-likeness (QED) is 0.560. The molecule has 1 atom stereocenters. The number of rotatable bonds is 5. The second kappa shape index (κ2) is 8.23. The van der Waals surface area contributed by atoms with Crippen LogP contribution in [0, 0.1) is 25.5 Å². The van der Waals surface area contributed by atoms with E-state index in [1.54, 1.807) is 33.8 Å². The zero-order valence-electron chi connectivity index (χ0n) is 18.3. The number of benzene rings is 2. The number of hydrogen-bond donors (Lipinski definition) is 1. The molecule has 0 aliphatic rings. The molecule has 0 unspecified atom stereocenters. The summed E-state index contributed by atoms with van der Waals surface area (Å²) < 4.78 is 40.5. The van der Waals surface area contributed by atoms with E-state index in [1.807, 2.05) is 19.1 Å². The minimum atomic E-state index is -1.43. The molecular formula is C24H25F2NO4. The molecule has 3 rings (SSSR count). The second-order valence-electron chi connectivity index (χ2n) is 8.40. The summed E-state index contributed by atoms with van der Waals surface area (Å²) in [5.41, 5.74) is 1.36. The number of halogens is 2. The van der Waals surface area contributed by atoms with E-state index in [4.69, 9.17) is 9.47 Å². The molecule has 0 spiro atoms. The van der Waals surface area contributed by atoms with Gasteiger partial charge in [-0.05, 0) is 58.4 Å². The van der Waals surface area contributed by atoms with Gasteiger partial charge in [-0.25, -0.2) is 9.18 Å². The Morgan fingerprint density at radius 1 is 1.10 bits per heavy atom. The summed E-state index contributed by atoms with van der Waals surface area (Å²) in [4.78, 5) is 16.8. The highest BCUT2D eigenvalue weighted by Crippen LogP contribution is 2.41. The monoisotopic (exact) mass is 429 g/mol. The van der Waals surface area contributed by atoms with Gasteiger partial charge in [0.1, 0.15) is 0 Å². The molecule has 1 heterocycles. The Morgan fingerprint density at radius 2 is 1.77 bits per heavy atom. The SMILES string of the molecule is COc1ccc(-c2c([C@H](OC(C)(C)C)C(=O)O)c(C)nc3cc(C)ccc23)c(F)c1F. The topological polar surface area (TPSA) is 68.7 Å². The zero-order chi connectivity index (χ0) is 23.1. The number of fused-ring (bicyclic) bond motifs is 1. The molecule has 164 valence electrons. The van der Waals surface area contributed by atoms with Crippen LogP contribution in [0.2, 0.25) is 0 Å². The Labute approximate surface area is 179 Å². The standard InChI is InChI=1S/C24H25F2NO4/c1-12-7-8-14-16(11-12)27-13(2)18(22(23(28)29)31-24(3,4)5)19(14)15-9-10-17(30-6)21(26)20(15)25/h7-11,22H,1-6H3,(H,28,29)/t22-/m0/s1. The van der Waals surface area contributed by atoms with Crippen molar-refractivity contribution in [3.05, 3.63) is 58.8 Å². The number of hydrogen-bond acceptors (Lipinski definition) is 4. The summed E-state index contributed by atoms with van der Waals surface area (Å²) in [6.45, 7) is 8.71. The van der Waals surface area contributed by atoms with E-state index in [9.17, 15) is 14.3 Å². The minimum Gasteiger partial charge on any atom is -0.494 e. The number of carbonyl (C=O) groups is 1. The lowest BCUT2D eigenvalue weighted by Gasteiger charge is -2.28. The van der Waals surface area contributed by atoms with Crippen LogP contribution in [0.5, 0.6) is 5.75 Å². The van der Waals surface area contributed by atoms with Crippen LogP contribution in [0.1, 0.15) is 43.7 Å². The molecule has 0 saturated carbocycles. The average molecular weight is 429 g/mol. The van der Waals surface area contributed by atoms with Crippen LogP contribution in [-0.4, -0.2) is 28.8 Å². The Kier molecular flexibility index (Phi) is 6.00. The maximum absolute atomic E-state index is 15.2. The van der Waals surface area contributed by atoms with Gasteiger partial charge < -0.3 is 14.6 Å². The third-order valence-corrected chi connectivity index (χ3v) is 4.86. The van der Waals surface area contributed by atoms with Crippen LogP contribution < -0.4 is 4.74 Å². The minimum absolute atomic E-state index is 0.0867. The molecule has 3 aromatic rings. The number of ether oxygens (including phenoxy) is 2. The fourth-order valence-electron chi connectivity index (χ4n) is 3.59. The maximum Gasteiger partial charge on any atom is 0.337 e. The van der Waals surface area contributed by atoms with Crippen LogP contribution in [-0.2, 0) is 9.53 Å². The van der Waals surface area contributed by atoms with Gasteiger partial charge in [0, 0.05) is 27.8 Å². The number of methoxy groups -OCH3 is 1. The first-order chi connectivity index (χ1) is 14.4. The van der Waals surface area contributed by atoms with Gasteiger partial charge in [0.05, 0.1) is 18.2 Å². The molecule has 0 bridgehead atoms. The fraction of sp³-hybridized carbons (Fsp3) is 0.333. The van der Waals surface area contributed by atoms with Crippen molar-refractivity contribution >= 4 is 16.9 Å². The van der Waals surface area contributed by atoms with E-state index < -0.39 is 29.3 Å². The Hall–Kier alpha value is -3.06. The van der Waals surface area contributed by atoms with Crippen LogP contribution in [0.3, 0.4) is 0 Å². The van der Waals surface area contributed by atoms with Crippen molar-refractivity contribution in [2.24, 2.45) is 0 Å². The van der Waals surface area contributed by atoms with E-state index in [0.717, 1.165) is 5.56 Å². The number of carboxylic acid groups (broad SMARTS) is 1. The van der Waals surface area contributed by atoms with Gasteiger partial charge in [-0.2, -0.15) is 4.39 Å². The van der Waals surface area contributed by atoms with Gasteiger partial charge in [-0.3, -0.25) is 4.98 Å². The Morgan fingerprint density at radius 3 is 2.35 bits per heavy atom. The summed E-state index contributed by atoms with van der Waals surface area (Å²) in [5, 5.41) is 10.5. The van der Waals surface area contributed by atoms with Gasteiger partial charge in [0.15, 0.2) is 17.7 Å². The highest BCUT2D eigenvalue weighted by Gasteiger charge is 2.33. The third-order valence-electron chi connectivity index (χ3n) is 4.86. The summed E-state index contributed by atoms with van der Waals surface area (Å²) in [6, 6.07) is 8.05. The lowest BCUT2D eigenvalue weighted by Crippen LogP contribution is -2.28. The number of pyridine rings is 1. The molecule has 0 saturated heterocycles. The van der Waals surface area contributed by atoms with Crippen LogP contribution >= 0.6 is 0 Å². The van der Waals surface area contributed by atoms with Crippen molar-refractivity contribution in [2.45, 2.75) is 46.3 Å². The highest BCUT2D eigenvalue weighted by atomic mass is 19.2. The molecule has 0 radical (unpaired) electrons. The largest absolute Gasteiger partial charge is 0.494 e. The molecule has 0 fully saturated rings. The lowest BCUT2D eigenvalue weighted by molar-refractivity contribution is -0.160. The number of aromatic nitrogens is 1. The molecule has 1 aromatic heterocycles. The van der Waals surface area contributed by atoms with Crippen molar-refractivity contribution in [2.75, 3.05) is 7.11 Å². The summed E-state index contributed by atoms with van der Waals surface area (Å²) >= 11 is 0. The van der Waals surface area contributed by atoms with Crippen LogP contribution in [0.4, 0.5) is 8.78 Å². The number of aryl methyl sites for hydroxylation is 2. The van der Waals surface area contributed by atoms with Gasteiger partial charge in [0.25, 0.3) is 0 Å². The molecule has 0 aliphatic heterocycles. The van der Waals surface area contributed by atoms with Crippen molar-refractivity contribution in [1.82, 2.24) is 4.98 Å². The molecule has 0 amide bonds. The van der Waals surface area contributed by atoms with Crippen LogP contribution in [0.25, 0.3) is 22.0 Å². The van der Waals surface area contributed by atoms with E-state index in [0.29, 0.717) is 16.6 Å². The predicted molar refractivity (Wildman–Crippen MR) is 114 cm³/mol. The Bertz CT molecular complexity index is 1170. The van der Waals surface area contributed by atoms with Gasteiger partial charge in [0.2, 0.25) is 5.82 Å². The van der Waals surface area contributed by atoms with Crippen molar-refractivity contribution < 1.29 is 28.2 Å². The number of carboxylic acids is 1. The number of nitrogens with zero attached hydrogens (tertiary/aromatic N) is 1. The van der Waals surface area contributed by atoms with Crippen molar-refractivity contribution in [1.29, 1.82) is 0 Å². The van der Waals surface area contributed by atoms with E-state index in [2.05, 4.69) is 4.98 Å². The summed E-state index contributed by atoms with van der Waals surface area (Å²) in [5.74, 6) is -3.77. The van der Waals surface area contributed by atoms with Crippen molar-refractivity contribution in [3.63, 3.8) is 0 Å². The van der Waals surface area contributed by atoms with E-state index >= 15 is 4.39 Å². The summed E-state index contributed by atoms with van der Waals surface area (Å²) in [6.07, 6.45) is -1.43. The third kappa shape index (κ3) is 4.37. The molecule has 31 heavy (non-hydrogen) atoms. The first kappa shape index (κ1) is 22.6. The van der Waals surface area contributed by atoms with Gasteiger partial charge >= 0.3 is 5.97 Å². The Balaban J connectivity index is 2.46. The molecule has 0 aliphatic carbocycles. The molecule has 2 aromatic carbocycles. The molecular weight excluding hydrogens is 404 g/mol. The zero-order valence-corrected chi connectivity index (χ0v) is 18.3. The normalized spacial score (nSPS) is 12.8. The van der Waals surface area contributed by atoms with E-state index in [-0.39, 0.29) is 22.4 Å². The number of aliphatic carboxylic acids is 1. The van der Waals surface area contributed by atoms with Crippen molar-refractivity contribution in [3.8, 4) is 16.9 Å². The van der Waals surface area contributed by atoms with E-state index in [1.165, 1.54) is 19.2 Å². The first-order valence-electron chi connectivity index (χ1n) is 9.78. The molecule has 5 nitrogen and oxygen atoms in total. The first-order valence-corrected chi connectivity index (χ1v) is 9.78. The predicted octanol–water partition coefficient (Wildman–Crippen LogP) is 5.75. The highest BCUT2D eigenvalue weighted by molar-refractivity contribution is 5.99. The second-order valence-corrected chi connectivity index (χ2v) is 8.40. The smallest absolute Gasteiger partial charge is 0.337 e. The van der Waals surface area contributed by atoms with Gasteiger partial charge in [-0.15, -0.1) is 0 Å². The fourth-order valence-corrected chi connectivity index (χ4v) is 3.59. The molecule has 7 heteroatoms. The van der Waals surface area contributed by atoms with Gasteiger partial charge in [-0.1, -0.05) is 12.1 Å². The summed E-state index contributed by atoms with van der Waals surface area (Å²) in [7, 11) is 1.25. The lowest BCUT2D eigenvalue weighted by atomic mass is 9.90. The average Bonchev–Trinajstić information content (AvgIpc) is 2.66.